The monoisotopic (exact) mass is 308 g/mol. The number of nitrogens with zero attached hydrogens (tertiary/aromatic N) is 1. The number of anilines is 2. The lowest BCUT2D eigenvalue weighted by Gasteiger charge is -2.17. The molecule has 0 fully saturated rings. The van der Waals surface area contributed by atoms with Gasteiger partial charge in [-0.15, -0.1) is 0 Å². The van der Waals surface area contributed by atoms with Gasteiger partial charge in [0.25, 0.3) is 0 Å². The fourth-order valence-electron chi connectivity index (χ4n) is 1.76. The Morgan fingerprint density at radius 3 is 2.61 bits per heavy atom. The van der Waals surface area contributed by atoms with Crippen LogP contribution in [0.4, 0.5) is 11.4 Å². The summed E-state index contributed by atoms with van der Waals surface area (Å²) >= 11 is 3.32. The minimum absolute atomic E-state index is 0.133. The van der Waals surface area contributed by atoms with Crippen molar-refractivity contribution in [1.29, 1.82) is 0 Å². The van der Waals surface area contributed by atoms with Crippen molar-refractivity contribution in [3.8, 4) is 0 Å². The van der Waals surface area contributed by atoms with Crippen LogP contribution in [-0.2, 0) is 0 Å². The van der Waals surface area contributed by atoms with Crippen LogP contribution in [0.2, 0.25) is 0 Å². The molecule has 2 rings (SSSR count). The lowest BCUT2D eigenvalue weighted by molar-refractivity contribution is 0.471. The molecular weight excluding hydrogens is 292 g/mol. The number of hydrogen-bond acceptors (Lipinski definition) is 3. The summed E-state index contributed by atoms with van der Waals surface area (Å²) in [6.07, 6.45) is 0. The average Bonchev–Trinajstić information content (AvgIpc) is 2.76. The van der Waals surface area contributed by atoms with Crippen LogP contribution >= 0.6 is 15.9 Å². The highest BCUT2D eigenvalue weighted by Gasteiger charge is 2.09. The van der Waals surface area contributed by atoms with E-state index in [-0.39, 0.29) is 6.04 Å². The van der Waals surface area contributed by atoms with Gasteiger partial charge >= 0.3 is 0 Å². The summed E-state index contributed by atoms with van der Waals surface area (Å²) < 4.78 is 6.30. The van der Waals surface area contributed by atoms with Crippen LogP contribution in [0.15, 0.2) is 45.5 Å². The molecule has 0 amide bonds. The van der Waals surface area contributed by atoms with Crippen LogP contribution in [0.3, 0.4) is 0 Å². The zero-order valence-corrected chi connectivity index (χ0v) is 12.4. The number of hydrogen-bond donors (Lipinski definition) is 1. The van der Waals surface area contributed by atoms with Crippen LogP contribution < -0.4 is 10.2 Å². The van der Waals surface area contributed by atoms with Crippen molar-refractivity contribution >= 4 is 27.3 Å². The second-order valence-corrected chi connectivity index (χ2v) is 5.23. The van der Waals surface area contributed by atoms with Gasteiger partial charge in [0.2, 0.25) is 0 Å². The van der Waals surface area contributed by atoms with Gasteiger partial charge in [-0.25, -0.2) is 0 Å². The van der Waals surface area contributed by atoms with Gasteiger partial charge in [-0.1, -0.05) is 6.07 Å². The first-order valence-electron chi connectivity index (χ1n) is 5.85. The molecule has 18 heavy (non-hydrogen) atoms. The van der Waals surface area contributed by atoms with E-state index in [0.717, 1.165) is 16.1 Å². The number of rotatable bonds is 4. The Hall–Kier alpha value is -1.42. The molecule has 1 unspecified atom stereocenters. The highest BCUT2D eigenvalue weighted by Crippen LogP contribution is 2.25. The standard InChI is InChI=1S/C14H17BrN2O/c1-10(13-7-8-14(15)18-13)16-11-5-4-6-12(9-11)17(2)3/h4-10,16H,1-3H3. The number of furan rings is 1. The highest BCUT2D eigenvalue weighted by molar-refractivity contribution is 9.10. The van der Waals surface area contributed by atoms with Crippen LogP contribution in [0, 0.1) is 0 Å². The van der Waals surface area contributed by atoms with Crippen molar-refractivity contribution in [2.24, 2.45) is 0 Å². The lowest BCUT2D eigenvalue weighted by Crippen LogP contribution is -2.10. The zero-order valence-electron chi connectivity index (χ0n) is 10.8. The van der Waals surface area contributed by atoms with Crippen LogP contribution in [0.1, 0.15) is 18.7 Å². The van der Waals surface area contributed by atoms with Crippen molar-refractivity contribution in [1.82, 2.24) is 0 Å². The van der Waals surface area contributed by atoms with Gasteiger partial charge in [0.15, 0.2) is 4.67 Å². The smallest absolute Gasteiger partial charge is 0.169 e. The van der Waals surface area contributed by atoms with Crippen molar-refractivity contribution in [3.05, 3.63) is 46.8 Å². The van der Waals surface area contributed by atoms with Gasteiger partial charge in [-0.05, 0) is 53.2 Å². The molecule has 1 atom stereocenters. The third-order valence-corrected chi connectivity index (χ3v) is 3.19. The van der Waals surface area contributed by atoms with Gasteiger partial charge in [-0.2, -0.15) is 0 Å². The number of halogens is 1. The van der Waals surface area contributed by atoms with E-state index in [2.05, 4.69) is 51.3 Å². The van der Waals surface area contributed by atoms with Gasteiger partial charge in [0, 0.05) is 25.5 Å². The molecule has 3 nitrogen and oxygen atoms in total. The van der Waals surface area contributed by atoms with E-state index in [9.17, 15) is 0 Å². The van der Waals surface area contributed by atoms with Crippen molar-refractivity contribution in [3.63, 3.8) is 0 Å². The SMILES string of the molecule is CC(Nc1cccc(N(C)C)c1)c1ccc(Br)o1. The molecule has 4 heteroatoms. The Morgan fingerprint density at radius 2 is 2.00 bits per heavy atom. The summed E-state index contributed by atoms with van der Waals surface area (Å²) in [6.45, 7) is 2.08. The summed E-state index contributed by atoms with van der Waals surface area (Å²) in [7, 11) is 4.07. The summed E-state index contributed by atoms with van der Waals surface area (Å²) in [5, 5.41) is 3.43. The minimum atomic E-state index is 0.133. The molecule has 96 valence electrons. The van der Waals surface area contributed by atoms with Crippen molar-refractivity contribution in [2.75, 3.05) is 24.3 Å². The maximum atomic E-state index is 5.54. The van der Waals surface area contributed by atoms with E-state index in [1.165, 1.54) is 5.69 Å². The fourth-order valence-corrected chi connectivity index (χ4v) is 2.08. The molecular formula is C14H17BrN2O. The third-order valence-electron chi connectivity index (χ3n) is 2.77. The molecule has 0 saturated heterocycles. The van der Waals surface area contributed by atoms with E-state index < -0.39 is 0 Å². The van der Waals surface area contributed by atoms with E-state index >= 15 is 0 Å². The normalized spacial score (nSPS) is 12.2. The molecule has 2 aromatic rings. The summed E-state index contributed by atoms with van der Waals surface area (Å²) in [5.41, 5.74) is 2.26. The second-order valence-electron chi connectivity index (χ2n) is 4.45. The molecule has 0 aliphatic heterocycles. The molecule has 0 radical (unpaired) electrons. The second kappa shape index (κ2) is 5.48. The van der Waals surface area contributed by atoms with Gasteiger partial charge in [0.1, 0.15) is 5.76 Å². The van der Waals surface area contributed by atoms with Crippen molar-refractivity contribution in [2.45, 2.75) is 13.0 Å². The molecule has 1 heterocycles. The van der Waals surface area contributed by atoms with Crippen LogP contribution in [0.25, 0.3) is 0 Å². The predicted octanol–water partition coefficient (Wildman–Crippen LogP) is 4.28. The average molecular weight is 309 g/mol. The van der Waals surface area contributed by atoms with Gasteiger partial charge < -0.3 is 14.6 Å². The van der Waals surface area contributed by atoms with Gasteiger partial charge in [-0.3, -0.25) is 0 Å². The fraction of sp³-hybridized carbons (Fsp3) is 0.286. The first-order valence-corrected chi connectivity index (χ1v) is 6.65. The molecule has 1 aromatic heterocycles. The zero-order chi connectivity index (χ0) is 13.1. The Kier molecular flexibility index (Phi) is 3.97. The lowest BCUT2D eigenvalue weighted by atomic mass is 10.2. The maximum Gasteiger partial charge on any atom is 0.169 e. The van der Waals surface area contributed by atoms with Gasteiger partial charge in [0.05, 0.1) is 6.04 Å². The van der Waals surface area contributed by atoms with E-state index in [4.69, 9.17) is 4.42 Å². The van der Waals surface area contributed by atoms with E-state index in [0.29, 0.717) is 0 Å². The first kappa shape index (κ1) is 13.0. The molecule has 0 spiro atoms. The van der Waals surface area contributed by atoms with Crippen LogP contribution in [-0.4, -0.2) is 14.1 Å². The number of benzene rings is 1. The quantitative estimate of drug-likeness (QED) is 0.913. The van der Waals surface area contributed by atoms with E-state index in [1.807, 2.05) is 32.3 Å². The molecule has 0 bridgehead atoms. The molecule has 0 aliphatic rings. The molecule has 1 aromatic carbocycles. The molecule has 1 N–H and O–H groups in total. The third kappa shape index (κ3) is 3.07. The number of nitrogens with one attached hydrogen (secondary N) is 1. The van der Waals surface area contributed by atoms with Crippen LogP contribution in [0.5, 0.6) is 0 Å². The maximum absolute atomic E-state index is 5.54. The topological polar surface area (TPSA) is 28.4 Å². The highest BCUT2D eigenvalue weighted by atomic mass is 79.9. The Labute approximate surface area is 116 Å². The molecule has 0 aliphatic carbocycles. The minimum Gasteiger partial charge on any atom is -0.452 e. The predicted molar refractivity (Wildman–Crippen MR) is 79.2 cm³/mol. The summed E-state index contributed by atoms with van der Waals surface area (Å²) in [5.74, 6) is 0.914. The Balaban J connectivity index is 2.11. The Morgan fingerprint density at radius 1 is 1.22 bits per heavy atom. The largest absolute Gasteiger partial charge is 0.452 e. The Bertz CT molecular complexity index is 522. The summed E-state index contributed by atoms with van der Waals surface area (Å²) in [6, 6.07) is 12.3. The first-order chi connectivity index (χ1) is 8.56. The molecule has 0 saturated carbocycles. The van der Waals surface area contributed by atoms with E-state index in [1.54, 1.807) is 0 Å². The summed E-state index contributed by atoms with van der Waals surface area (Å²) in [4.78, 5) is 2.08. The van der Waals surface area contributed by atoms with Crippen molar-refractivity contribution < 1.29 is 4.42 Å².